The second-order valence-corrected chi connectivity index (χ2v) is 4.39. The molecule has 3 heteroatoms. The number of Topliss-reactive ketones (excluding diaryl/α,β-unsaturated/α-hetero) is 1. The third kappa shape index (κ3) is 5.10. The highest BCUT2D eigenvalue weighted by molar-refractivity contribution is 5.94. The van der Waals surface area contributed by atoms with Crippen LogP contribution >= 0.6 is 0 Å². The van der Waals surface area contributed by atoms with Crippen molar-refractivity contribution in [2.24, 2.45) is 5.92 Å². The Balaban J connectivity index is 4.53. The highest BCUT2D eigenvalue weighted by Crippen LogP contribution is 2.06. The Bertz CT molecular complexity index is 280. The summed E-state index contributed by atoms with van der Waals surface area (Å²) in [7, 11) is 0. The zero-order valence-corrected chi connectivity index (χ0v) is 11.0. The van der Waals surface area contributed by atoms with E-state index in [4.69, 9.17) is 0 Å². The average molecular weight is 225 g/mol. The van der Waals surface area contributed by atoms with Crippen LogP contribution in [0.1, 0.15) is 47.5 Å². The van der Waals surface area contributed by atoms with Crippen molar-refractivity contribution in [1.82, 2.24) is 5.32 Å². The van der Waals surface area contributed by atoms with Crippen molar-refractivity contribution >= 4 is 11.7 Å². The predicted molar refractivity (Wildman–Crippen MR) is 66.1 cm³/mol. The van der Waals surface area contributed by atoms with E-state index in [2.05, 4.69) is 5.32 Å². The minimum Gasteiger partial charge on any atom is -0.342 e. The summed E-state index contributed by atoms with van der Waals surface area (Å²) in [6, 6.07) is -0.363. The third-order valence-corrected chi connectivity index (χ3v) is 2.59. The topological polar surface area (TPSA) is 46.2 Å². The molecule has 1 N–H and O–H groups in total. The molecule has 0 fully saturated rings. The zero-order valence-electron chi connectivity index (χ0n) is 11.0. The Kier molecular flexibility index (Phi) is 6.70. The largest absolute Gasteiger partial charge is 0.342 e. The van der Waals surface area contributed by atoms with Crippen LogP contribution in [0.3, 0.4) is 0 Å². The van der Waals surface area contributed by atoms with Gasteiger partial charge >= 0.3 is 0 Å². The summed E-state index contributed by atoms with van der Waals surface area (Å²) in [5.74, 6) is 0.0532. The Hall–Kier alpha value is -1.12. The number of ketones is 1. The molecule has 0 saturated carbocycles. The van der Waals surface area contributed by atoms with E-state index >= 15 is 0 Å². The van der Waals surface area contributed by atoms with Crippen molar-refractivity contribution < 1.29 is 9.59 Å². The van der Waals surface area contributed by atoms with Crippen molar-refractivity contribution in [3.05, 3.63) is 11.6 Å². The van der Waals surface area contributed by atoms with Crippen LogP contribution in [0.25, 0.3) is 0 Å². The van der Waals surface area contributed by atoms with Crippen LogP contribution in [-0.2, 0) is 9.59 Å². The molecule has 0 radical (unpaired) electrons. The molecule has 0 saturated heterocycles. The van der Waals surface area contributed by atoms with Crippen molar-refractivity contribution in [2.45, 2.75) is 53.5 Å². The van der Waals surface area contributed by atoms with Crippen LogP contribution in [0.4, 0.5) is 0 Å². The van der Waals surface area contributed by atoms with Gasteiger partial charge in [0.15, 0.2) is 5.78 Å². The second kappa shape index (κ2) is 7.20. The van der Waals surface area contributed by atoms with E-state index in [0.29, 0.717) is 6.42 Å². The van der Waals surface area contributed by atoms with Gasteiger partial charge in [0, 0.05) is 12.5 Å². The van der Waals surface area contributed by atoms with E-state index in [-0.39, 0.29) is 23.7 Å². The van der Waals surface area contributed by atoms with Crippen LogP contribution in [0.2, 0.25) is 0 Å². The van der Waals surface area contributed by atoms with Gasteiger partial charge in [0.2, 0.25) is 5.91 Å². The van der Waals surface area contributed by atoms with Gasteiger partial charge in [-0.1, -0.05) is 33.3 Å². The molecule has 1 atom stereocenters. The molecule has 0 aliphatic rings. The van der Waals surface area contributed by atoms with E-state index in [1.807, 2.05) is 34.6 Å². The molecule has 0 aliphatic carbocycles. The van der Waals surface area contributed by atoms with Crippen molar-refractivity contribution in [3.8, 4) is 0 Å². The fourth-order valence-electron chi connectivity index (χ4n) is 1.36. The summed E-state index contributed by atoms with van der Waals surface area (Å²) in [5, 5.41) is 2.77. The number of allylic oxidation sites excluding steroid dienone is 1. The third-order valence-electron chi connectivity index (χ3n) is 2.59. The summed E-state index contributed by atoms with van der Waals surface area (Å²) in [4.78, 5) is 23.2. The summed E-state index contributed by atoms with van der Waals surface area (Å²) in [6.07, 6.45) is 2.87. The quantitative estimate of drug-likeness (QED) is 0.706. The second-order valence-electron chi connectivity index (χ2n) is 4.39. The molecule has 0 aromatic heterocycles. The van der Waals surface area contributed by atoms with E-state index in [1.54, 1.807) is 6.08 Å². The first-order valence-corrected chi connectivity index (χ1v) is 5.92. The molecule has 92 valence electrons. The van der Waals surface area contributed by atoms with E-state index < -0.39 is 0 Å². The molecule has 0 aromatic rings. The number of carbonyl (C=O) groups is 2. The maximum Gasteiger partial charge on any atom is 0.244 e. The smallest absolute Gasteiger partial charge is 0.244 e. The maximum atomic E-state index is 11.6. The first kappa shape index (κ1) is 14.9. The first-order chi connectivity index (χ1) is 7.42. The fourth-order valence-corrected chi connectivity index (χ4v) is 1.36. The molecule has 3 nitrogen and oxygen atoms in total. The highest BCUT2D eigenvalue weighted by Gasteiger charge is 2.21. The molecule has 0 rings (SSSR count). The fraction of sp³-hybridized carbons (Fsp3) is 0.692. The minimum absolute atomic E-state index is 0.0888. The SMILES string of the molecule is CCC(=O)C(NC(=O)/C=C(\C)CC)C(C)C. The van der Waals surface area contributed by atoms with E-state index in [9.17, 15) is 9.59 Å². The summed E-state index contributed by atoms with van der Waals surface area (Å²) in [6.45, 7) is 9.60. The first-order valence-electron chi connectivity index (χ1n) is 5.92. The van der Waals surface area contributed by atoms with Crippen LogP contribution in [-0.4, -0.2) is 17.7 Å². The molecule has 0 aliphatic heterocycles. The molecule has 0 aromatic carbocycles. The molecular formula is C13H23NO2. The minimum atomic E-state index is -0.363. The molecule has 1 unspecified atom stereocenters. The lowest BCUT2D eigenvalue weighted by molar-refractivity contribution is -0.126. The van der Waals surface area contributed by atoms with Gasteiger partial charge in [-0.05, 0) is 19.3 Å². The molecule has 0 heterocycles. The number of carbonyl (C=O) groups excluding carboxylic acids is 2. The number of hydrogen-bond donors (Lipinski definition) is 1. The van der Waals surface area contributed by atoms with Gasteiger partial charge in [0.25, 0.3) is 0 Å². The highest BCUT2D eigenvalue weighted by atomic mass is 16.2. The molecular weight excluding hydrogens is 202 g/mol. The number of rotatable bonds is 6. The van der Waals surface area contributed by atoms with Gasteiger partial charge < -0.3 is 5.32 Å². The lowest BCUT2D eigenvalue weighted by Gasteiger charge is -2.19. The van der Waals surface area contributed by atoms with Crippen molar-refractivity contribution in [1.29, 1.82) is 0 Å². The van der Waals surface area contributed by atoms with Gasteiger partial charge in [-0.15, -0.1) is 0 Å². The van der Waals surface area contributed by atoms with Crippen LogP contribution in [0, 0.1) is 5.92 Å². The molecule has 16 heavy (non-hydrogen) atoms. The van der Waals surface area contributed by atoms with Gasteiger partial charge in [-0.2, -0.15) is 0 Å². The van der Waals surface area contributed by atoms with Crippen molar-refractivity contribution in [3.63, 3.8) is 0 Å². The number of amides is 1. The standard InChI is InChI=1S/C13H23NO2/c1-6-10(5)8-12(16)14-13(9(3)4)11(15)7-2/h8-9,13H,6-7H2,1-5H3,(H,14,16)/b10-8+. The molecule has 0 bridgehead atoms. The van der Waals surface area contributed by atoms with Crippen LogP contribution in [0.15, 0.2) is 11.6 Å². The van der Waals surface area contributed by atoms with E-state index in [1.165, 1.54) is 0 Å². The number of nitrogens with one attached hydrogen (secondary N) is 1. The normalized spacial score (nSPS) is 13.8. The monoisotopic (exact) mass is 225 g/mol. The Morgan fingerprint density at radius 1 is 1.19 bits per heavy atom. The van der Waals surface area contributed by atoms with Gasteiger partial charge in [-0.25, -0.2) is 0 Å². The molecule has 1 amide bonds. The van der Waals surface area contributed by atoms with Crippen molar-refractivity contribution in [2.75, 3.05) is 0 Å². The maximum absolute atomic E-state index is 11.6. The average Bonchev–Trinajstić information content (AvgIpc) is 2.24. The lowest BCUT2D eigenvalue weighted by Crippen LogP contribution is -2.43. The molecule has 0 spiro atoms. The zero-order chi connectivity index (χ0) is 12.7. The Labute approximate surface area is 98.3 Å². The van der Waals surface area contributed by atoms with Crippen LogP contribution < -0.4 is 5.32 Å². The Morgan fingerprint density at radius 3 is 2.12 bits per heavy atom. The van der Waals surface area contributed by atoms with Gasteiger partial charge in [-0.3, -0.25) is 9.59 Å². The predicted octanol–water partition coefficient (Wildman–Crippen LogP) is 2.46. The lowest BCUT2D eigenvalue weighted by atomic mass is 9.98. The van der Waals surface area contributed by atoms with Gasteiger partial charge in [0.05, 0.1) is 6.04 Å². The Morgan fingerprint density at radius 2 is 1.75 bits per heavy atom. The number of hydrogen-bond acceptors (Lipinski definition) is 2. The summed E-state index contributed by atoms with van der Waals surface area (Å²) in [5.41, 5.74) is 1.02. The summed E-state index contributed by atoms with van der Waals surface area (Å²) < 4.78 is 0. The van der Waals surface area contributed by atoms with Gasteiger partial charge in [0.1, 0.15) is 0 Å². The van der Waals surface area contributed by atoms with Crippen LogP contribution in [0.5, 0.6) is 0 Å². The van der Waals surface area contributed by atoms with E-state index in [0.717, 1.165) is 12.0 Å². The summed E-state index contributed by atoms with van der Waals surface area (Å²) >= 11 is 0.